The van der Waals surface area contributed by atoms with E-state index in [0.717, 1.165) is 4.47 Å². The molecular weight excluding hydrogens is 301 g/mol. The quantitative estimate of drug-likeness (QED) is 0.913. The molecule has 2 aromatic rings. The molecule has 0 atom stereocenters. The van der Waals surface area contributed by atoms with Gasteiger partial charge in [0.1, 0.15) is 11.6 Å². The van der Waals surface area contributed by atoms with Crippen molar-refractivity contribution in [1.29, 1.82) is 0 Å². The summed E-state index contributed by atoms with van der Waals surface area (Å²) < 4.78 is 18.9. The number of benzene rings is 1. The number of rotatable bonds is 3. The number of ether oxygens (including phenoxy) is 1. The van der Waals surface area contributed by atoms with Gasteiger partial charge in [-0.2, -0.15) is 4.98 Å². The van der Waals surface area contributed by atoms with Crippen molar-refractivity contribution < 1.29 is 9.13 Å². The molecule has 0 amide bonds. The summed E-state index contributed by atoms with van der Waals surface area (Å²) >= 11 is 3.33. The van der Waals surface area contributed by atoms with Crippen LogP contribution >= 0.6 is 15.9 Å². The smallest absolute Gasteiger partial charge is 0.238 e. The van der Waals surface area contributed by atoms with Crippen LogP contribution < -0.4 is 15.8 Å². The summed E-state index contributed by atoms with van der Waals surface area (Å²) in [6, 6.07) is 7.71. The minimum absolute atomic E-state index is 0.326. The maximum Gasteiger partial charge on any atom is 0.238 e. The minimum Gasteiger partial charge on any atom is -0.479 e. The van der Waals surface area contributed by atoms with Crippen molar-refractivity contribution in [2.75, 3.05) is 18.2 Å². The van der Waals surface area contributed by atoms with Gasteiger partial charge in [-0.05, 0) is 46.3 Å². The molecule has 0 radical (unpaired) electrons. The van der Waals surface area contributed by atoms with Crippen LogP contribution in [0.25, 0.3) is 0 Å². The van der Waals surface area contributed by atoms with Gasteiger partial charge in [0.2, 0.25) is 5.88 Å². The van der Waals surface area contributed by atoms with Gasteiger partial charge in [0.05, 0.1) is 18.5 Å². The van der Waals surface area contributed by atoms with Crippen molar-refractivity contribution in [2.24, 2.45) is 0 Å². The molecule has 94 valence electrons. The van der Waals surface area contributed by atoms with Crippen molar-refractivity contribution in [1.82, 2.24) is 4.98 Å². The molecule has 0 aliphatic heterocycles. The molecule has 0 bridgehead atoms. The monoisotopic (exact) mass is 311 g/mol. The number of aromatic nitrogens is 1. The largest absolute Gasteiger partial charge is 0.479 e. The number of nitrogens with zero attached hydrogens (tertiary/aromatic N) is 1. The Morgan fingerprint density at radius 1 is 1.33 bits per heavy atom. The van der Waals surface area contributed by atoms with Crippen LogP contribution in [0.5, 0.6) is 5.88 Å². The van der Waals surface area contributed by atoms with Crippen molar-refractivity contribution in [3.05, 3.63) is 40.6 Å². The van der Waals surface area contributed by atoms with Gasteiger partial charge in [-0.25, -0.2) is 4.39 Å². The van der Waals surface area contributed by atoms with E-state index in [9.17, 15) is 4.39 Å². The van der Waals surface area contributed by atoms with Crippen LogP contribution in [0.15, 0.2) is 34.8 Å². The van der Waals surface area contributed by atoms with Crippen LogP contribution in [0, 0.1) is 5.82 Å². The Hall–Kier alpha value is -1.82. The van der Waals surface area contributed by atoms with Gasteiger partial charge in [0, 0.05) is 4.47 Å². The van der Waals surface area contributed by atoms with Crippen LogP contribution in [0.1, 0.15) is 0 Å². The average molecular weight is 312 g/mol. The number of pyridine rings is 1. The Morgan fingerprint density at radius 2 is 2.11 bits per heavy atom. The van der Waals surface area contributed by atoms with Crippen molar-refractivity contribution in [3.8, 4) is 5.88 Å². The van der Waals surface area contributed by atoms with Crippen LogP contribution in [-0.2, 0) is 0 Å². The Bertz CT molecular complexity index is 577. The number of halogens is 2. The number of anilines is 3. The minimum atomic E-state index is -0.330. The lowest BCUT2D eigenvalue weighted by molar-refractivity contribution is 0.401. The first kappa shape index (κ1) is 12.6. The predicted octanol–water partition coefficient (Wildman–Crippen LogP) is 3.32. The molecule has 0 saturated carbocycles. The molecule has 1 aromatic heterocycles. The van der Waals surface area contributed by atoms with Crippen LogP contribution in [0.4, 0.5) is 21.6 Å². The zero-order valence-corrected chi connectivity index (χ0v) is 11.2. The second-order valence-corrected chi connectivity index (χ2v) is 4.40. The number of methoxy groups -OCH3 is 1. The highest BCUT2D eigenvalue weighted by Gasteiger charge is 2.06. The fourth-order valence-electron chi connectivity index (χ4n) is 1.42. The first-order chi connectivity index (χ1) is 8.60. The SMILES string of the molecule is COc1nc(Nc2cc(F)ccc2Br)ccc1N. The standard InChI is InChI=1S/C12H11BrFN3O/c1-18-12-9(15)4-5-11(17-12)16-10-6-7(14)2-3-8(10)13/h2-6H,15H2,1H3,(H,16,17). The zero-order valence-electron chi connectivity index (χ0n) is 9.58. The highest BCUT2D eigenvalue weighted by Crippen LogP contribution is 2.28. The molecule has 18 heavy (non-hydrogen) atoms. The molecule has 0 unspecified atom stereocenters. The highest BCUT2D eigenvalue weighted by atomic mass is 79.9. The molecule has 0 saturated heterocycles. The van der Waals surface area contributed by atoms with E-state index < -0.39 is 0 Å². The fraction of sp³-hybridized carbons (Fsp3) is 0.0833. The number of nitrogens with two attached hydrogens (primary N) is 1. The topological polar surface area (TPSA) is 60.2 Å². The molecule has 0 aliphatic carbocycles. The fourth-order valence-corrected chi connectivity index (χ4v) is 1.76. The summed E-state index contributed by atoms with van der Waals surface area (Å²) in [7, 11) is 1.49. The lowest BCUT2D eigenvalue weighted by Gasteiger charge is -2.10. The average Bonchev–Trinajstić information content (AvgIpc) is 2.36. The van der Waals surface area contributed by atoms with Crippen LogP contribution in [-0.4, -0.2) is 12.1 Å². The van der Waals surface area contributed by atoms with E-state index in [1.165, 1.54) is 19.2 Å². The van der Waals surface area contributed by atoms with Gasteiger partial charge < -0.3 is 15.8 Å². The number of hydrogen-bond acceptors (Lipinski definition) is 4. The second kappa shape index (κ2) is 5.22. The number of nitrogen functional groups attached to an aromatic ring is 1. The van der Waals surface area contributed by atoms with Crippen LogP contribution in [0.3, 0.4) is 0 Å². The molecule has 1 aromatic carbocycles. The van der Waals surface area contributed by atoms with Gasteiger partial charge in [-0.1, -0.05) is 0 Å². The van der Waals surface area contributed by atoms with Crippen molar-refractivity contribution >= 4 is 33.1 Å². The summed E-state index contributed by atoms with van der Waals surface area (Å²) in [6.45, 7) is 0. The highest BCUT2D eigenvalue weighted by molar-refractivity contribution is 9.10. The molecule has 3 N–H and O–H groups in total. The third-order valence-electron chi connectivity index (χ3n) is 2.27. The summed E-state index contributed by atoms with van der Waals surface area (Å²) in [5.74, 6) is 0.517. The van der Waals surface area contributed by atoms with Gasteiger partial charge >= 0.3 is 0 Å². The first-order valence-corrected chi connectivity index (χ1v) is 5.92. The third kappa shape index (κ3) is 2.70. The molecule has 6 heteroatoms. The maximum absolute atomic E-state index is 13.1. The van der Waals surface area contributed by atoms with E-state index in [2.05, 4.69) is 26.2 Å². The number of nitrogens with one attached hydrogen (secondary N) is 1. The lowest BCUT2D eigenvalue weighted by atomic mass is 10.3. The molecular formula is C12H11BrFN3O. The summed E-state index contributed by atoms with van der Waals surface area (Å²) in [5.41, 5.74) is 6.69. The molecule has 2 rings (SSSR count). The second-order valence-electron chi connectivity index (χ2n) is 3.54. The lowest BCUT2D eigenvalue weighted by Crippen LogP contribution is -2.00. The summed E-state index contributed by atoms with van der Waals surface area (Å²) in [6.07, 6.45) is 0. The van der Waals surface area contributed by atoms with Crippen LogP contribution in [0.2, 0.25) is 0 Å². The van der Waals surface area contributed by atoms with E-state index in [1.807, 2.05) is 0 Å². The normalized spacial score (nSPS) is 10.2. The number of hydrogen-bond donors (Lipinski definition) is 2. The van der Waals surface area contributed by atoms with Crippen molar-refractivity contribution in [3.63, 3.8) is 0 Å². The zero-order chi connectivity index (χ0) is 13.1. The molecule has 4 nitrogen and oxygen atoms in total. The third-order valence-corrected chi connectivity index (χ3v) is 2.97. The Labute approximate surface area is 112 Å². The van der Waals surface area contributed by atoms with Crippen molar-refractivity contribution in [2.45, 2.75) is 0 Å². The molecule has 1 heterocycles. The molecule has 0 aliphatic rings. The maximum atomic E-state index is 13.1. The summed E-state index contributed by atoms with van der Waals surface area (Å²) in [4.78, 5) is 4.16. The van der Waals surface area contributed by atoms with E-state index in [1.54, 1.807) is 18.2 Å². The summed E-state index contributed by atoms with van der Waals surface area (Å²) in [5, 5.41) is 2.98. The Morgan fingerprint density at radius 3 is 2.83 bits per heavy atom. The van der Waals surface area contributed by atoms with Gasteiger partial charge in [0.25, 0.3) is 0 Å². The van der Waals surface area contributed by atoms with Gasteiger partial charge in [-0.3, -0.25) is 0 Å². The van der Waals surface area contributed by atoms with Gasteiger partial charge in [0.15, 0.2) is 0 Å². The molecule has 0 fully saturated rings. The van der Waals surface area contributed by atoms with E-state index in [-0.39, 0.29) is 5.82 Å². The Balaban J connectivity index is 2.31. The van der Waals surface area contributed by atoms with E-state index >= 15 is 0 Å². The first-order valence-electron chi connectivity index (χ1n) is 5.12. The predicted molar refractivity (Wildman–Crippen MR) is 72.6 cm³/mol. The molecule has 0 spiro atoms. The van der Waals surface area contributed by atoms with E-state index in [4.69, 9.17) is 10.5 Å². The van der Waals surface area contributed by atoms with E-state index in [0.29, 0.717) is 23.1 Å². The van der Waals surface area contributed by atoms with Gasteiger partial charge in [-0.15, -0.1) is 0 Å². The Kier molecular flexibility index (Phi) is 3.66.